The minimum atomic E-state index is 0. The molecule has 4 heavy (non-hydrogen) atoms. The molecule has 0 unspecified atom stereocenters. The molecule has 4 heteroatoms. The monoisotopic (exact) mass is 332 g/mol. The Kier molecular flexibility index (Phi) is 91.2. The zero-order valence-corrected chi connectivity index (χ0v) is 13.3. The molecular formula is I2K2. The first-order valence-corrected chi connectivity index (χ1v) is 0. The van der Waals surface area contributed by atoms with Crippen molar-refractivity contribution in [3.63, 3.8) is 0 Å². The predicted molar refractivity (Wildman–Crippen MR) is 0 cm³/mol. The molecule has 0 aliphatic heterocycles. The van der Waals surface area contributed by atoms with E-state index >= 15 is 0 Å². The fraction of sp³-hybridized carbons (Fsp3) is 0. The number of hydrogen-bond acceptors (Lipinski definition) is 0. The molecule has 0 radical (unpaired) electrons. The van der Waals surface area contributed by atoms with Crippen LogP contribution in [0.25, 0.3) is 0 Å². The fourth-order valence-corrected chi connectivity index (χ4v) is 0. The van der Waals surface area contributed by atoms with Crippen LogP contribution in [-0.2, 0) is 0 Å². The van der Waals surface area contributed by atoms with Gasteiger partial charge in [-0.05, 0) is 0 Å². The molecule has 16 valence electrons. The van der Waals surface area contributed by atoms with Gasteiger partial charge in [0.2, 0.25) is 0 Å². The molecule has 0 N–H and O–H groups in total. The van der Waals surface area contributed by atoms with Crippen molar-refractivity contribution in [2.45, 2.75) is 0 Å². The van der Waals surface area contributed by atoms with E-state index in [9.17, 15) is 0 Å². The summed E-state index contributed by atoms with van der Waals surface area (Å²) in [5.41, 5.74) is 0. The summed E-state index contributed by atoms with van der Waals surface area (Å²) >= 11 is 0. The van der Waals surface area contributed by atoms with Gasteiger partial charge in [-0.25, -0.2) is 0 Å². The maximum absolute atomic E-state index is 0. The van der Waals surface area contributed by atoms with Crippen molar-refractivity contribution in [2.24, 2.45) is 0 Å². The molecule has 0 amide bonds. The van der Waals surface area contributed by atoms with Gasteiger partial charge in [0.25, 0.3) is 0 Å². The zero-order chi connectivity index (χ0) is 0. The predicted octanol–water partition coefficient (Wildman–Crippen LogP) is -12.0. The maximum atomic E-state index is 0. The molecule has 0 rings (SSSR count). The molecular weight excluding hydrogens is 332 g/mol. The van der Waals surface area contributed by atoms with Gasteiger partial charge in [0.05, 0.1) is 0 Å². The summed E-state index contributed by atoms with van der Waals surface area (Å²) in [5, 5.41) is 0. The molecule has 0 atom stereocenters. The Hall–Kier alpha value is 4.73. The van der Waals surface area contributed by atoms with Gasteiger partial charge < -0.3 is 48.0 Å². The van der Waals surface area contributed by atoms with Gasteiger partial charge in [0.1, 0.15) is 0 Å². The average molecular weight is 332 g/mol. The third-order valence-electron chi connectivity index (χ3n) is 0. The molecule has 0 bridgehead atoms. The van der Waals surface area contributed by atoms with Crippen molar-refractivity contribution >= 4 is 0 Å². The number of halogens is 2. The normalized spacial score (nSPS) is 0. The van der Waals surface area contributed by atoms with Crippen molar-refractivity contribution in [1.29, 1.82) is 0 Å². The van der Waals surface area contributed by atoms with Gasteiger partial charge >= 0.3 is 103 Å². The van der Waals surface area contributed by atoms with E-state index in [1.807, 2.05) is 0 Å². The second-order valence-corrected chi connectivity index (χ2v) is 0. The van der Waals surface area contributed by atoms with Crippen LogP contribution in [0.2, 0.25) is 0 Å². The van der Waals surface area contributed by atoms with Gasteiger partial charge in [-0.3, -0.25) is 0 Å². The SMILES string of the molecule is [I-].[I-].[K+].[K+]. The van der Waals surface area contributed by atoms with Crippen LogP contribution in [0, 0.1) is 0 Å². The fourth-order valence-electron chi connectivity index (χ4n) is 0. The molecule has 0 aromatic rings. The van der Waals surface area contributed by atoms with Gasteiger partial charge in [0, 0.05) is 0 Å². The van der Waals surface area contributed by atoms with Crippen molar-refractivity contribution in [1.82, 2.24) is 0 Å². The average Bonchev–Trinajstić information content (AvgIpc) is 0. The molecule has 0 aliphatic rings. The van der Waals surface area contributed by atoms with Crippen LogP contribution in [-0.4, -0.2) is 0 Å². The van der Waals surface area contributed by atoms with Crippen molar-refractivity contribution < 1.29 is 151 Å². The van der Waals surface area contributed by atoms with Gasteiger partial charge in [0.15, 0.2) is 0 Å². The molecule has 0 nitrogen and oxygen atoms in total. The quantitative estimate of drug-likeness (QED) is 0.305. The molecule has 0 fully saturated rings. The summed E-state index contributed by atoms with van der Waals surface area (Å²) in [6.45, 7) is 0. The van der Waals surface area contributed by atoms with Crippen LogP contribution in [0.5, 0.6) is 0 Å². The molecule has 0 saturated heterocycles. The summed E-state index contributed by atoms with van der Waals surface area (Å²) < 4.78 is 0. The van der Waals surface area contributed by atoms with E-state index in [2.05, 4.69) is 0 Å². The standard InChI is InChI=1S/2HI.2K/h2*1H;;/q;;2*+1/p-2. The van der Waals surface area contributed by atoms with Crippen LogP contribution >= 0.6 is 0 Å². The minimum absolute atomic E-state index is 0. The Balaban J connectivity index is 0. The Morgan fingerprint density at radius 1 is 0.500 bits per heavy atom. The first-order chi connectivity index (χ1) is 0. The van der Waals surface area contributed by atoms with Gasteiger partial charge in [-0.2, -0.15) is 0 Å². The van der Waals surface area contributed by atoms with E-state index < -0.39 is 0 Å². The Labute approximate surface area is 146 Å². The molecule has 0 spiro atoms. The largest absolute Gasteiger partial charge is 1.00 e. The van der Waals surface area contributed by atoms with Crippen LogP contribution in [0.4, 0.5) is 0 Å². The van der Waals surface area contributed by atoms with Crippen LogP contribution in [0.3, 0.4) is 0 Å². The van der Waals surface area contributed by atoms with E-state index in [4.69, 9.17) is 0 Å². The summed E-state index contributed by atoms with van der Waals surface area (Å²) in [7, 11) is 0. The van der Waals surface area contributed by atoms with Crippen LogP contribution in [0.15, 0.2) is 0 Å². The molecule has 0 aliphatic carbocycles. The number of rotatable bonds is 0. The van der Waals surface area contributed by atoms with Crippen LogP contribution in [0.1, 0.15) is 0 Å². The van der Waals surface area contributed by atoms with E-state index in [0.717, 1.165) is 0 Å². The zero-order valence-electron chi connectivity index (χ0n) is 2.76. The third-order valence-corrected chi connectivity index (χ3v) is 0. The maximum Gasteiger partial charge on any atom is 1.00 e. The third kappa shape index (κ3) is 9.88. The summed E-state index contributed by atoms with van der Waals surface area (Å²) in [6, 6.07) is 0. The summed E-state index contributed by atoms with van der Waals surface area (Å²) in [4.78, 5) is 0. The minimum Gasteiger partial charge on any atom is -1.00 e. The van der Waals surface area contributed by atoms with Crippen molar-refractivity contribution in [3.8, 4) is 0 Å². The van der Waals surface area contributed by atoms with E-state index in [-0.39, 0.29) is 151 Å². The molecule has 0 heterocycles. The van der Waals surface area contributed by atoms with E-state index in [1.54, 1.807) is 0 Å². The molecule has 0 aromatic carbocycles. The van der Waals surface area contributed by atoms with Crippen molar-refractivity contribution in [3.05, 3.63) is 0 Å². The second kappa shape index (κ2) is 15.6. The Morgan fingerprint density at radius 3 is 0.500 bits per heavy atom. The van der Waals surface area contributed by atoms with Crippen molar-refractivity contribution in [2.75, 3.05) is 0 Å². The Bertz CT molecular complexity index is 4.00. The van der Waals surface area contributed by atoms with Gasteiger partial charge in [-0.15, -0.1) is 0 Å². The van der Waals surface area contributed by atoms with E-state index in [1.165, 1.54) is 0 Å². The first-order valence-electron chi connectivity index (χ1n) is 0. The molecule has 0 saturated carbocycles. The summed E-state index contributed by atoms with van der Waals surface area (Å²) in [6.07, 6.45) is 0. The van der Waals surface area contributed by atoms with Gasteiger partial charge in [-0.1, -0.05) is 0 Å². The van der Waals surface area contributed by atoms with Crippen LogP contribution < -0.4 is 151 Å². The van der Waals surface area contributed by atoms with E-state index in [0.29, 0.717) is 0 Å². The number of hydrogen-bond donors (Lipinski definition) is 0. The first kappa shape index (κ1) is 23.3. The second-order valence-electron chi connectivity index (χ2n) is 0. The Morgan fingerprint density at radius 2 is 0.500 bits per heavy atom. The molecule has 0 aromatic heterocycles. The summed E-state index contributed by atoms with van der Waals surface area (Å²) in [5.74, 6) is 0. The topological polar surface area (TPSA) is 0 Å². The smallest absolute Gasteiger partial charge is 1.00 e.